The highest BCUT2D eigenvalue weighted by Gasteiger charge is 2.35. The van der Waals surface area contributed by atoms with Crippen molar-refractivity contribution < 1.29 is 0 Å². The molecule has 1 fully saturated rings. The van der Waals surface area contributed by atoms with Gasteiger partial charge in [-0.1, -0.05) is 18.2 Å². The molecular formula is C21H24N4. The fraction of sp³-hybridized carbons (Fsp3) is 0.381. The van der Waals surface area contributed by atoms with E-state index in [1.807, 2.05) is 24.3 Å². The van der Waals surface area contributed by atoms with Gasteiger partial charge in [-0.25, -0.2) is 4.99 Å². The number of piperidine rings is 1. The molecule has 0 radical (unpaired) electrons. The van der Waals surface area contributed by atoms with Crippen molar-refractivity contribution in [2.75, 3.05) is 18.0 Å². The van der Waals surface area contributed by atoms with E-state index in [0.717, 1.165) is 30.3 Å². The van der Waals surface area contributed by atoms with E-state index >= 15 is 0 Å². The predicted octanol–water partition coefficient (Wildman–Crippen LogP) is 5.78. The smallest absolute Gasteiger partial charge is 0.161 e. The molecule has 0 spiro atoms. The van der Waals surface area contributed by atoms with Gasteiger partial charge in [-0.3, -0.25) is 0 Å². The highest BCUT2D eigenvalue weighted by molar-refractivity contribution is 5.99. The number of nitrogens with zero attached hydrogens (tertiary/aromatic N) is 4. The average Bonchev–Trinajstić information content (AvgIpc) is 2.92. The van der Waals surface area contributed by atoms with Crippen LogP contribution >= 0.6 is 0 Å². The van der Waals surface area contributed by atoms with E-state index in [1.54, 1.807) is 0 Å². The summed E-state index contributed by atoms with van der Waals surface area (Å²) in [4.78, 5) is 7.11. The topological polar surface area (TPSA) is 40.3 Å². The standard InChI is InChI=1S/C21H24N4/c1-21(2)18-8-4-5-9-19(18)22-20(21)24-23-16-10-12-17(13-11-16)25-14-6-3-7-15-25/h4-5,8-13H,3,6-7,14-15H2,1-2H3. The molecule has 1 saturated heterocycles. The molecule has 4 rings (SSSR count). The molecule has 2 aliphatic heterocycles. The van der Waals surface area contributed by atoms with E-state index in [2.05, 4.69) is 58.2 Å². The van der Waals surface area contributed by atoms with Gasteiger partial charge in [-0.05, 0) is 69.0 Å². The molecule has 2 aromatic rings. The lowest BCUT2D eigenvalue weighted by Crippen LogP contribution is -2.29. The van der Waals surface area contributed by atoms with Gasteiger partial charge in [0.25, 0.3) is 0 Å². The third-order valence-corrected chi connectivity index (χ3v) is 5.19. The minimum atomic E-state index is -0.201. The van der Waals surface area contributed by atoms with Crippen molar-refractivity contribution >= 4 is 22.9 Å². The van der Waals surface area contributed by atoms with Crippen molar-refractivity contribution in [3.05, 3.63) is 54.1 Å². The quantitative estimate of drug-likeness (QED) is 0.642. The molecule has 2 aliphatic rings. The summed E-state index contributed by atoms with van der Waals surface area (Å²) >= 11 is 0. The summed E-state index contributed by atoms with van der Waals surface area (Å²) in [6, 6.07) is 16.6. The minimum Gasteiger partial charge on any atom is -0.372 e. The molecule has 0 amide bonds. The first-order valence-corrected chi connectivity index (χ1v) is 9.10. The Balaban J connectivity index is 1.51. The number of benzene rings is 2. The van der Waals surface area contributed by atoms with Crippen molar-refractivity contribution in [2.45, 2.75) is 38.5 Å². The molecule has 4 heteroatoms. The van der Waals surface area contributed by atoms with Crippen LogP contribution in [-0.4, -0.2) is 18.9 Å². The molecule has 128 valence electrons. The summed E-state index contributed by atoms with van der Waals surface area (Å²) in [5.41, 5.74) is 4.17. The Morgan fingerprint density at radius 2 is 1.60 bits per heavy atom. The third kappa shape index (κ3) is 3.09. The zero-order valence-electron chi connectivity index (χ0n) is 14.9. The van der Waals surface area contributed by atoms with Crippen LogP contribution in [-0.2, 0) is 5.41 Å². The van der Waals surface area contributed by atoms with Crippen molar-refractivity contribution in [2.24, 2.45) is 15.2 Å². The Morgan fingerprint density at radius 3 is 2.32 bits per heavy atom. The molecule has 2 aromatic carbocycles. The van der Waals surface area contributed by atoms with Crippen LogP contribution in [0.25, 0.3) is 0 Å². The Kier molecular flexibility index (Phi) is 4.12. The van der Waals surface area contributed by atoms with Gasteiger partial charge in [0.15, 0.2) is 5.84 Å². The fourth-order valence-electron chi connectivity index (χ4n) is 3.61. The normalized spacial score (nSPS) is 19.1. The van der Waals surface area contributed by atoms with E-state index in [0.29, 0.717) is 0 Å². The Labute approximate surface area is 149 Å². The molecule has 0 saturated carbocycles. The van der Waals surface area contributed by atoms with Crippen LogP contribution in [0.1, 0.15) is 38.7 Å². The number of para-hydroxylation sites is 1. The summed E-state index contributed by atoms with van der Waals surface area (Å²) in [6.45, 7) is 6.61. The number of anilines is 1. The number of azo groups is 1. The molecule has 0 N–H and O–H groups in total. The summed E-state index contributed by atoms with van der Waals surface area (Å²) in [5, 5.41) is 8.89. The first kappa shape index (κ1) is 16.0. The summed E-state index contributed by atoms with van der Waals surface area (Å²) in [7, 11) is 0. The lowest BCUT2D eigenvalue weighted by Gasteiger charge is -2.28. The molecule has 0 bridgehead atoms. The molecule has 0 aromatic heterocycles. The molecule has 4 nitrogen and oxygen atoms in total. The highest BCUT2D eigenvalue weighted by Crippen LogP contribution is 2.40. The highest BCUT2D eigenvalue weighted by atomic mass is 15.2. The van der Waals surface area contributed by atoms with Gasteiger partial charge >= 0.3 is 0 Å². The maximum atomic E-state index is 4.66. The van der Waals surface area contributed by atoms with Crippen LogP contribution in [0.2, 0.25) is 0 Å². The van der Waals surface area contributed by atoms with E-state index < -0.39 is 0 Å². The average molecular weight is 332 g/mol. The fourth-order valence-corrected chi connectivity index (χ4v) is 3.61. The number of hydrogen-bond acceptors (Lipinski definition) is 4. The van der Waals surface area contributed by atoms with E-state index in [-0.39, 0.29) is 5.41 Å². The second-order valence-corrected chi connectivity index (χ2v) is 7.34. The zero-order valence-corrected chi connectivity index (χ0v) is 14.9. The van der Waals surface area contributed by atoms with Gasteiger partial charge in [-0.15, -0.1) is 10.2 Å². The van der Waals surface area contributed by atoms with E-state index in [1.165, 1.54) is 30.5 Å². The number of fused-ring (bicyclic) bond motifs is 1. The second-order valence-electron chi connectivity index (χ2n) is 7.34. The van der Waals surface area contributed by atoms with Crippen molar-refractivity contribution in [1.29, 1.82) is 0 Å². The maximum absolute atomic E-state index is 4.66. The van der Waals surface area contributed by atoms with Crippen LogP contribution in [0, 0.1) is 0 Å². The largest absolute Gasteiger partial charge is 0.372 e. The van der Waals surface area contributed by atoms with Gasteiger partial charge in [0.05, 0.1) is 16.8 Å². The zero-order chi connectivity index (χ0) is 17.3. The number of hydrogen-bond donors (Lipinski definition) is 0. The Morgan fingerprint density at radius 1 is 0.880 bits per heavy atom. The molecule has 0 atom stereocenters. The monoisotopic (exact) mass is 332 g/mol. The second kappa shape index (κ2) is 6.43. The number of amidine groups is 1. The first-order chi connectivity index (χ1) is 12.1. The van der Waals surface area contributed by atoms with E-state index in [4.69, 9.17) is 0 Å². The van der Waals surface area contributed by atoms with Crippen molar-refractivity contribution in [3.63, 3.8) is 0 Å². The molecular weight excluding hydrogens is 308 g/mol. The Hall–Kier alpha value is -2.49. The van der Waals surface area contributed by atoms with Gasteiger partial charge in [0.1, 0.15) is 0 Å². The molecule has 2 heterocycles. The Bertz CT molecular complexity index is 812. The number of aliphatic imine (C=N–C) groups is 1. The van der Waals surface area contributed by atoms with Crippen molar-refractivity contribution in [1.82, 2.24) is 0 Å². The maximum Gasteiger partial charge on any atom is 0.161 e. The van der Waals surface area contributed by atoms with E-state index in [9.17, 15) is 0 Å². The summed E-state index contributed by atoms with van der Waals surface area (Å²) in [5.74, 6) is 0.772. The van der Waals surface area contributed by atoms with Gasteiger partial charge in [0.2, 0.25) is 0 Å². The molecule has 25 heavy (non-hydrogen) atoms. The van der Waals surface area contributed by atoms with Gasteiger partial charge < -0.3 is 4.90 Å². The molecule has 0 aliphatic carbocycles. The summed E-state index contributed by atoms with van der Waals surface area (Å²) in [6.07, 6.45) is 3.93. The van der Waals surface area contributed by atoms with Gasteiger partial charge in [0, 0.05) is 18.8 Å². The predicted molar refractivity (Wildman–Crippen MR) is 104 cm³/mol. The SMILES string of the molecule is CC1(C)C(N=Nc2ccc(N3CCCCC3)cc2)=Nc2ccccc21. The minimum absolute atomic E-state index is 0.201. The van der Waals surface area contributed by atoms with Crippen LogP contribution in [0.5, 0.6) is 0 Å². The number of rotatable bonds is 2. The van der Waals surface area contributed by atoms with Crippen molar-refractivity contribution in [3.8, 4) is 0 Å². The van der Waals surface area contributed by atoms with Crippen LogP contribution < -0.4 is 4.90 Å². The lowest BCUT2D eigenvalue weighted by molar-refractivity contribution is 0.578. The molecule has 0 unspecified atom stereocenters. The third-order valence-electron chi connectivity index (χ3n) is 5.19. The van der Waals surface area contributed by atoms with Gasteiger partial charge in [-0.2, -0.15) is 0 Å². The summed E-state index contributed by atoms with van der Waals surface area (Å²) < 4.78 is 0. The van der Waals surface area contributed by atoms with Crippen LogP contribution in [0.15, 0.2) is 63.8 Å². The van der Waals surface area contributed by atoms with Crippen LogP contribution in [0.4, 0.5) is 17.1 Å². The van der Waals surface area contributed by atoms with Crippen LogP contribution in [0.3, 0.4) is 0 Å². The first-order valence-electron chi connectivity index (χ1n) is 9.10. The lowest BCUT2D eigenvalue weighted by atomic mass is 9.85.